The molecule has 1 aromatic carbocycles. The number of hydrogen-bond acceptors (Lipinski definition) is 2. The van der Waals surface area contributed by atoms with Crippen LogP contribution in [0.4, 0.5) is 13.2 Å². The molecule has 1 saturated heterocycles. The van der Waals surface area contributed by atoms with Gasteiger partial charge in [0.15, 0.2) is 0 Å². The van der Waals surface area contributed by atoms with Crippen molar-refractivity contribution in [3.05, 3.63) is 34.9 Å². The minimum atomic E-state index is -4.36. The van der Waals surface area contributed by atoms with Crippen molar-refractivity contribution < 1.29 is 18.0 Å². The Bertz CT molecular complexity index is 534. The molecule has 20 heavy (non-hydrogen) atoms. The molecule has 1 saturated carbocycles. The maximum Gasteiger partial charge on any atom is 0.416 e. The van der Waals surface area contributed by atoms with E-state index in [2.05, 4.69) is 5.32 Å². The molecule has 0 amide bonds. The van der Waals surface area contributed by atoms with Gasteiger partial charge in [0.2, 0.25) is 0 Å². The fourth-order valence-electron chi connectivity index (χ4n) is 3.48. The van der Waals surface area contributed by atoms with E-state index < -0.39 is 11.7 Å². The van der Waals surface area contributed by atoms with Crippen LogP contribution in [-0.2, 0) is 6.18 Å². The summed E-state index contributed by atoms with van der Waals surface area (Å²) in [7, 11) is 0. The van der Waals surface area contributed by atoms with Crippen LogP contribution in [0, 0.1) is 5.41 Å². The van der Waals surface area contributed by atoms with Crippen LogP contribution in [0.1, 0.15) is 46.7 Å². The van der Waals surface area contributed by atoms with Gasteiger partial charge in [-0.25, -0.2) is 0 Å². The molecule has 1 aromatic rings. The average Bonchev–Trinajstić information content (AvgIpc) is 2.82. The second kappa shape index (κ2) is 4.58. The topological polar surface area (TPSA) is 29.1 Å². The first-order chi connectivity index (χ1) is 9.43. The molecule has 1 aliphatic carbocycles. The fourth-order valence-corrected chi connectivity index (χ4v) is 3.48. The SMILES string of the molecule is O=Cc1ccc(C(F)(F)F)cc1C1CCC2(CNC2)C1. The van der Waals surface area contributed by atoms with E-state index in [-0.39, 0.29) is 11.3 Å². The van der Waals surface area contributed by atoms with Gasteiger partial charge in [0.05, 0.1) is 5.56 Å². The van der Waals surface area contributed by atoms with E-state index in [1.54, 1.807) is 0 Å². The lowest BCUT2D eigenvalue weighted by atomic mass is 9.78. The fraction of sp³-hybridized carbons (Fsp3) is 0.533. The molecule has 2 nitrogen and oxygen atoms in total. The van der Waals surface area contributed by atoms with E-state index in [9.17, 15) is 18.0 Å². The van der Waals surface area contributed by atoms with Gasteiger partial charge in [-0.2, -0.15) is 13.2 Å². The summed E-state index contributed by atoms with van der Waals surface area (Å²) in [5.74, 6) is 0.0691. The van der Waals surface area contributed by atoms with Crippen LogP contribution in [0.15, 0.2) is 18.2 Å². The quantitative estimate of drug-likeness (QED) is 0.843. The molecule has 2 fully saturated rings. The molecule has 5 heteroatoms. The number of benzene rings is 1. The van der Waals surface area contributed by atoms with Gasteiger partial charge in [0.1, 0.15) is 6.29 Å². The lowest BCUT2D eigenvalue weighted by Gasteiger charge is -2.39. The second-order valence-electron chi connectivity index (χ2n) is 6.00. The van der Waals surface area contributed by atoms with Gasteiger partial charge in [0.25, 0.3) is 0 Å². The highest BCUT2D eigenvalue weighted by atomic mass is 19.4. The maximum absolute atomic E-state index is 12.8. The van der Waals surface area contributed by atoms with Crippen LogP contribution in [0.5, 0.6) is 0 Å². The number of rotatable bonds is 2. The average molecular weight is 283 g/mol. The van der Waals surface area contributed by atoms with Crippen molar-refractivity contribution in [2.75, 3.05) is 13.1 Å². The van der Waals surface area contributed by atoms with Gasteiger partial charge in [-0.1, -0.05) is 6.07 Å². The normalized spacial score (nSPS) is 24.6. The Kier molecular flexibility index (Phi) is 3.12. The van der Waals surface area contributed by atoms with E-state index in [4.69, 9.17) is 0 Å². The van der Waals surface area contributed by atoms with E-state index >= 15 is 0 Å². The summed E-state index contributed by atoms with van der Waals surface area (Å²) >= 11 is 0. The zero-order chi connectivity index (χ0) is 14.4. The van der Waals surface area contributed by atoms with Crippen molar-refractivity contribution >= 4 is 6.29 Å². The smallest absolute Gasteiger partial charge is 0.316 e. The van der Waals surface area contributed by atoms with Gasteiger partial charge in [-0.05, 0) is 48.3 Å². The van der Waals surface area contributed by atoms with Crippen LogP contribution < -0.4 is 5.32 Å². The largest absolute Gasteiger partial charge is 0.416 e. The highest BCUT2D eigenvalue weighted by molar-refractivity contribution is 5.78. The van der Waals surface area contributed by atoms with Crippen LogP contribution in [0.2, 0.25) is 0 Å². The Morgan fingerprint density at radius 2 is 2.05 bits per heavy atom. The Morgan fingerprint density at radius 1 is 1.30 bits per heavy atom. The first-order valence-corrected chi connectivity index (χ1v) is 6.81. The van der Waals surface area contributed by atoms with E-state index in [1.165, 1.54) is 12.1 Å². The van der Waals surface area contributed by atoms with Crippen molar-refractivity contribution in [1.82, 2.24) is 5.32 Å². The van der Waals surface area contributed by atoms with Crippen molar-refractivity contribution in [3.63, 3.8) is 0 Å². The van der Waals surface area contributed by atoms with Crippen LogP contribution >= 0.6 is 0 Å². The monoisotopic (exact) mass is 283 g/mol. The molecule has 1 spiro atoms. The molecule has 1 N–H and O–H groups in total. The zero-order valence-electron chi connectivity index (χ0n) is 11.0. The molecule has 1 atom stereocenters. The standard InChI is InChI=1S/C15H16F3NO/c16-15(17,18)12-2-1-11(7-20)13(5-12)10-3-4-14(6-10)8-19-9-14/h1-2,5,7,10,19H,3-4,6,8-9H2. The molecule has 108 valence electrons. The predicted molar refractivity (Wildman–Crippen MR) is 68.7 cm³/mol. The van der Waals surface area contributed by atoms with Crippen molar-refractivity contribution in [1.29, 1.82) is 0 Å². The van der Waals surface area contributed by atoms with Gasteiger partial charge in [-0.15, -0.1) is 0 Å². The third-order valence-corrected chi connectivity index (χ3v) is 4.68. The predicted octanol–water partition coefficient (Wildman–Crippen LogP) is 3.38. The third-order valence-electron chi connectivity index (χ3n) is 4.68. The summed E-state index contributed by atoms with van der Waals surface area (Å²) in [6.45, 7) is 1.89. The molecule has 0 bridgehead atoms. The summed E-state index contributed by atoms with van der Waals surface area (Å²) in [4.78, 5) is 11.1. The molecule has 0 radical (unpaired) electrons. The summed E-state index contributed by atoms with van der Waals surface area (Å²) in [6.07, 6.45) is -0.921. The van der Waals surface area contributed by atoms with Crippen LogP contribution in [-0.4, -0.2) is 19.4 Å². The van der Waals surface area contributed by atoms with E-state index in [0.29, 0.717) is 17.4 Å². The van der Waals surface area contributed by atoms with E-state index in [1.807, 2.05) is 0 Å². The summed E-state index contributed by atoms with van der Waals surface area (Å²) < 4.78 is 38.5. The summed E-state index contributed by atoms with van der Waals surface area (Å²) in [5.41, 5.74) is 0.552. The Hall–Kier alpha value is -1.36. The molecule has 2 aliphatic rings. The zero-order valence-corrected chi connectivity index (χ0v) is 11.0. The molecule has 1 unspecified atom stereocenters. The molecule has 0 aromatic heterocycles. The maximum atomic E-state index is 12.8. The molecule has 1 aliphatic heterocycles. The van der Waals surface area contributed by atoms with Gasteiger partial charge < -0.3 is 5.32 Å². The molecule has 1 heterocycles. The Balaban J connectivity index is 1.93. The minimum Gasteiger partial charge on any atom is -0.316 e. The highest BCUT2D eigenvalue weighted by Crippen LogP contribution is 2.49. The van der Waals surface area contributed by atoms with Crippen LogP contribution in [0.25, 0.3) is 0 Å². The van der Waals surface area contributed by atoms with Crippen LogP contribution in [0.3, 0.4) is 0 Å². The number of carbonyl (C=O) groups excluding carboxylic acids is 1. The van der Waals surface area contributed by atoms with Crippen molar-refractivity contribution in [3.8, 4) is 0 Å². The summed E-state index contributed by atoms with van der Waals surface area (Å²) in [6, 6.07) is 3.46. The Labute approximate surface area is 115 Å². The van der Waals surface area contributed by atoms with E-state index in [0.717, 1.165) is 38.4 Å². The molecular formula is C15H16F3NO. The second-order valence-corrected chi connectivity index (χ2v) is 6.00. The Morgan fingerprint density at radius 3 is 2.55 bits per heavy atom. The number of halogens is 3. The first-order valence-electron chi connectivity index (χ1n) is 6.81. The molecular weight excluding hydrogens is 267 g/mol. The van der Waals surface area contributed by atoms with Crippen molar-refractivity contribution in [2.45, 2.75) is 31.4 Å². The van der Waals surface area contributed by atoms with Gasteiger partial charge in [-0.3, -0.25) is 4.79 Å². The van der Waals surface area contributed by atoms with Gasteiger partial charge in [0, 0.05) is 18.7 Å². The minimum absolute atomic E-state index is 0.0691. The van der Waals surface area contributed by atoms with Gasteiger partial charge >= 0.3 is 6.18 Å². The lowest BCUT2D eigenvalue weighted by Crippen LogP contribution is -2.51. The van der Waals surface area contributed by atoms with Crippen molar-refractivity contribution in [2.24, 2.45) is 5.41 Å². The summed E-state index contributed by atoms with van der Waals surface area (Å²) in [5, 5.41) is 3.23. The number of carbonyl (C=O) groups is 1. The number of hydrogen-bond donors (Lipinski definition) is 1. The number of aldehydes is 1. The number of nitrogens with one attached hydrogen (secondary N) is 1. The molecule has 3 rings (SSSR count). The lowest BCUT2D eigenvalue weighted by molar-refractivity contribution is -0.137. The number of alkyl halides is 3. The highest BCUT2D eigenvalue weighted by Gasteiger charge is 2.44. The third kappa shape index (κ3) is 2.24. The first kappa shape index (κ1) is 13.6.